The van der Waals surface area contributed by atoms with Crippen molar-refractivity contribution in [2.24, 2.45) is 0 Å². The lowest BCUT2D eigenvalue weighted by Gasteiger charge is -2.23. The summed E-state index contributed by atoms with van der Waals surface area (Å²) in [5.41, 5.74) is 1.73. The maximum absolute atomic E-state index is 11.7. The number of benzene rings is 1. The molecule has 5 nitrogen and oxygen atoms in total. The van der Waals surface area contributed by atoms with E-state index in [2.05, 4.69) is 20.7 Å². The van der Waals surface area contributed by atoms with Crippen molar-refractivity contribution in [1.29, 1.82) is 0 Å². The summed E-state index contributed by atoms with van der Waals surface area (Å²) in [4.78, 5) is 13.2. The molecular weight excluding hydrogens is 332 g/mol. The lowest BCUT2D eigenvalue weighted by molar-refractivity contribution is -0.116. The highest BCUT2D eigenvalue weighted by atomic mass is 79.9. The molecular formula is C12H17BrN2O3S. The number of rotatable bonds is 5. The zero-order valence-corrected chi connectivity index (χ0v) is 13.5. The van der Waals surface area contributed by atoms with Gasteiger partial charge in [0.2, 0.25) is 15.9 Å². The second kappa shape index (κ2) is 6.49. The first-order valence-electron chi connectivity index (χ1n) is 5.69. The first-order chi connectivity index (χ1) is 8.70. The van der Waals surface area contributed by atoms with Gasteiger partial charge in [-0.1, -0.05) is 15.9 Å². The van der Waals surface area contributed by atoms with Crippen LogP contribution in [0.4, 0.5) is 5.69 Å². The summed E-state index contributed by atoms with van der Waals surface area (Å²) in [6.07, 6.45) is 1.09. The predicted octanol–water partition coefficient (Wildman–Crippen LogP) is 1.66. The number of carbonyl (C=O) groups excluding carboxylic acids is 1. The summed E-state index contributed by atoms with van der Waals surface area (Å²) in [6, 6.07) is 5.60. The van der Waals surface area contributed by atoms with Gasteiger partial charge in [-0.2, -0.15) is 0 Å². The molecule has 1 aromatic carbocycles. The molecule has 0 aliphatic heterocycles. The van der Waals surface area contributed by atoms with Crippen LogP contribution in [0, 0.1) is 6.92 Å². The fourth-order valence-corrected chi connectivity index (χ4v) is 2.65. The maximum atomic E-state index is 11.7. The van der Waals surface area contributed by atoms with Crippen LogP contribution in [-0.2, 0) is 14.8 Å². The molecule has 0 atom stereocenters. The molecule has 0 bridgehead atoms. The molecule has 0 aromatic heterocycles. The summed E-state index contributed by atoms with van der Waals surface area (Å²) < 4.78 is 25.3. The molecule has 1 N–H and O–H groups in total. The molecule has 106 valence electrons. The predicted molar refractivity (Wildman–Crippen MR) is 79.8 cm³/mol. The molecule has 19 heavy (non-hydrogen) atoms. The number of halogens is 1. The Hall–Kier alpha value is -0.920. The number of hydrogen-bond acceptors (Lipinski definition) is 3. The van der Waals surface area contributed by atoms with Gasteiger partial charge in [-0.15, -0.1) is 0 Å². The standard InChI is InChI=1S/C12H17BrN2O3S/c1-9-8-11(13)4-5-12(9)15(10(2)16)7-6-14-19(3,17)18/h4-5,8,14H,6-7H2,1-3H3. The molecule has 1 amide bonds. The van der Waals surface area contributed by atoms with Gasteiger partial charge >= 0.3 is 0 Å². The third kappa shape index (κ3) is 5.30. The SMILES string of the molecule is CC(=O)N(CCNS(C)(=O)=O)c1ccc(Br)cc1C. The topological polar surface area (TPSA) is 66.5 Å². The van der Waals surface area contributed by atoms with Gasteiger partial charge in [0.25, 0.3) is 0 Å². The zero-order valence-electron chi connectivity index (χ0n) is 11.1. The van der Waals surface area contributed by atoms with E-state index in [1.165, 1.54) is 6.92 Å². The summed E-state index contributed by atoms with van der Waals surface area (Å²) in [7, 11) is -3.24. The van der Waals surface area contributed by atoms with E-state index >= 15 is 0 Å². The van der Waals surface area contributed by atoms with Crippen LogP contribution in [0.25, 0.3) is 0 Å². The Bertz CT molecular complexity index is 572. The number of sulfonamides is 1. The number of carbonyl (C=O) groups is 1. The Morgan fingerprint density at radius 3 is 2.53 bits per heavy atom. The van der Waals surface area contributed by atoms with Gasteiger partial charge in [-0.05, 0) is 30.7 Å². The number of amides is 1. The van der Waals surface area contributed by atoms with Gasteiger partial charge in [0, 0.05) is 30.2 Å². The molecule has 0 fully saturated rings. The Morgan fingerprint density at radius 2 is 2.05 bits per heavy atom. The van der Waals surface area contributed by atoms with E-state index in [1.54, 1.807) is 4.90 Å². The smallest absolute Gasteiger partial charge is 0.223 e. The van der Waals surface area contributed by atoms with Gasteiger partial charge < -0.3 is 4.90 Å². The van der Waals surface area contributed by atoms with Crippen molar-refractivity contribution in [2.75, 3.05) is 24.2 Å². The van der Waals surface area contributed by atoms with Crippen LogP contribution in [0.3, 0.4) is 0 Å². The van der Waals surface area contributed by atoms with Gasteiger partial charge in [0.1, 0.15) is 0 Å². The fraction of sp³-hybridized carbons (Fsp3) is 0.417. The third-order valence-corrected chi connectivity index (χ3v) is 3.75. The summed E-state index contributed by atoms with van der Waals surface area (Å²) >= 11 is 3.37. The first-order valence-corrected chi connectivity index (χ1v) is 8.38. The zero-order chi connectivity index (χ0) is 14.6. The van der Waals surface area contributed by atoms with Gasteiger partial charge in [-0.25, -0.2) is 13.1 Å². The minimum absolute atomic E-state index is 0.124. The highest BCUT2D eigenvalue weighted by Crippen LogP contribution is 2.23. The van der Waals surface area contributed by atoms with E-state index in [0.717, 1.165) is 22.0 Å². The highest BCUT2D eigenvalue weighted by Gasteiger charge is 2.14. The van der Waals surface area contributed by atoms with Crippen molar-refractivity contribution >= 4 is 37.5 Å². The van der Waals surface area contributed by atoms with E-state index < -0.39 is 10.0 Å². The first kappa shape index (κ1) is 16.1. The van der Waals surface area contributed by atoms with E-state index in [4.69, 9.17) is 0 Å². The van der Waals surface area contributed by atoms with Crippen molar-refractivity contribution in [3.63, 3.8) is 0 Å². The van der Waals surface area contributed by atoms with Crippen molar-refractivity contribution < 1.29 is 13.2 Å². The maximum Gasteiger partial charge on any atom is 0.223 e. The van der Waals surface area contributed by atoms with Crippen LogP contribution in [-0.4, -0.2) is 33.7 Å². The van der Waals surface area contributed by atoms with E-state index in [9.17, 15) is 13.2 Å². The molecule has 0 unspecified atom stereocenters. The minimum Gasteiger partial charge on any atom is -0.311 e. The second-order valence-corrected chi connectivity index (χ2v) is 7.02. The van der Waals surface area contributed by atoms with Gasteiger partial charge in [0.15, 0.2) is 0 Å². The molecule has 0 radical (unpaired) electrons. The Kier molecular flexibility index (Phi) is 5.51. The summed E-state index contributed by atoms with van der Waals surface area (Å²) in [5, 5.41) is 0. The van der Waals surface area contributed by atoms with Crippen LogP contribution in [0.2, 0.25) is 0 Å². The number of anilines is 1. The van der Waals surface area contributed by atoms with E-state index in [1.807, 2.05) is 25.1 Å². The lowest BCUT2D eigenvalue weighted by Crippen LogP contribution is -2.37. The quantitative estimate of drug-likeness (QED) is 0.879. The lowest BCUT2D eigenvalue weighted by atomic mass is 10.2. The van der Waals surface area contributed by atoms with Gasteiger partial charge in [-0.3, -0.25) is 4.79 Å². The monoisotopic (exact) mass is 348 g/mol. The average molecular weight is 349 g/mol. The van der Waals surface area contributed by atoms with Crippen LogP contribution in [0.15, 0.2) is 22.7 Å². The summed E-state index contributed by atoms with van der Waals surface area (Å²) in [5.74, 6) is -0.124. The fourth-order valence-electron chi connectivity index (χ4n) is 1.71. The van der Waals surface area contributed by atoms with E-state index in [0.29, 0.717) is 6.54 Å². The van der Waals surface area contributed by atoms with Crippen molar-refractivity contribution in [2.45, 2.75) is 13.8 Å². The molecule has 0 saturated carbocycles. The Morgan fingerprint density at radius 1 is 1.42 bits per heavy atom. The average Bonchev–Trinajstić information content (AvgIpc) is 2.24. The number of hydrogen-bond donors (Lipinski definition) is 1. The Balaban J connectivity index is 2.86. The normalized spacial score (nSPS) is 11.4. The number of nitrogens with one attached hydrogen (secondary N) is 1. The van der Waals surface area contributed by atoms with Crippen molar-refractivity contribution in [3.05, 3.63) is 28.2 Å². The van der Waals surface area contributed by atoms with Crippen LogP contribution < -0.4 is 9.62 Å². The summed E-state index contributed by atoms with van der Waals surface area (Å²) in [6.45, 7) is 3.85. The second-order valence-electron chi connectivity index (χ2n) is 4.27. The van der Waals surface area contributed by atoms with Crippen LogP contribution in [0.5, 0.6) is 0 Å². The number of nitrogens with zero attached hydrogens (tertiary/aromatic N) is 1. The highest BCUT2D eigenvalue weighted by molar-refractivity contribution is 9.10. The molecule has 1 aromatic rings. The molecule has 0 heterocycles. The molecule has 0 aliphatic carbocycles. The molecule has 7 heteroatoms. The number of aryl methyl sites for hydroxylation is 1. The third-order valence-electron chi connectivity index (χ3n) is 2.53. The van der Waals surface area contributed by atoms with Crippen LogP contribution >= 0.6 is 15.9 Å². The van der Waals surface area contributed by atoms with Gasteiger partial charge in [0.05, 0.1) is 6.26 Å². The Labute approximate surface area is 122 Å². The molecule has 1 rings (SSSR count). The van der Waals surface area contributed by atoms with Crippen molar-refractivity contribution in [3.8, 4) is 0 Å². The van der Waals surface area contributed by atoms with Crippen molar-refractivity contribution in [1.82, 2.24) is 4.72 Å². The molecule has 0 aliphatic rings. The minimum atomic E-state index is -3.24. The molecule has 0 spiro atoms. The van der Waals surface area contributed by atoms with Crippen LogP contribution in [0.1, 0.15) is 12.5 Å². The molecule has 0 saturated heterocycles. The van der Waals surface area contributed by atoms with E-state index in [-0.39, 0.29) is 12.5 Å². The largest absolute Gasteiger partial charge is 0.311 e.